The summed E-state index contributed by atoms with van der Waals surface area (Å²) < 4.78 is 14.9. The van der Waals surface area contributed by atoms with E-state index < -0.39 is 24.0 Å². The molecule has 1 rings (SSSR count). The van der Waals surface area contributed by atoms with Crippen molar-refractivity contribution in [2.24, 2.45) is 17.3 Å². The van der Waals surface area contributed by atoms with Crippen molar-refractivity contribution in [2.75, 3.05) is 25.7 Å². The topological polar surface area (TPSA) is 137 Å². The van der Waals surface area contributed by atoms with E-state index in [1.165, 1.54) is 42.7 Å². The molecule has 2 N–H and O–H groups in total. The van der Waals surface area contributed by atoms with Crippen molar-refractivity contribution >= 4 is 51.3 Å². The highest BCUT2D eigenvalue weighted by atomic mass is 33.1. The van der Waals surface area contributed by atoms with Crippen LogP contribution >= 0.6 is 21.6 Å². The van der Waals surface area contributed by atoms with Gasteiger partial charge in [-0.2, -0.15) is 0 Å². The van der Waals surface area contributed by atoms with E-state index in [0.29, 0.717) is 18.6 Å². The Morgan fingerprint density at radius 3 is 1.86 bits per heavy atom. The predicted molar refractivity (Wildman–Crippen MR) is 171 cm³/mol. The van der Waals surface area contributed by atoms with Crippen molar-refractivity contribution in [3.63, 3.8) is 0 Å². The van der Waals surface area contributed by atoms with Crippen molar-refractivity contribution in [2.45, 2.75) is 85.7 Å². The van der Waals surface area contributed by atoms with E-state index in [9.17, 15) is 24.0 Å². The molecule has 0 saturated heterocycles. The number of carbonyl (C=O) groups is 5. The zero-order valence-corrected chi connectivity index (χ0v) is 28.3. The second-order valence-electron chi connectivity index (χ2n) is 12.0. The van der Waals surface area contributed by atoms with Gasteiger partial charge in [0.1, 0.15) is 17.8 Å². The van der Waals surface area contributed by atoms with Crippen LogP contribution in [-0.2, 0) is 39.9 Å². The molecule has 10 nitrogen and oxygen atoms in total. The minimum atomic E-state index is -0.870. The van der Waals surface area contributed by atoms with Gasteiger partial charge in [0.25, 0.3) is 0 Å². The van der Waals surface area contributed by atoms with Crippen LogP contribution in [0.3, 0.4) is 0 Å². The number of amides is 2. The van der Waals surface area contributed by atoms with Gasteiger partial charge in [-0.25, -0.2) is 9.59 Å². The third-order valence-corrected chi connectivity index (χ3v) is 8.62. The molecule has 2 amide bonds. The lowest BCUT2D eigenvalue weighted by Crippen LogP contribution is -2.46. The van der Waals surface area contributed by atoms with Crippen molar-refractivity contribution in [1.82, 2.24) is 10.6 Å². The highest BCUT2D eigenvalue weighted by molar-refractivity contribution is 8.76. The lowest BCUT2D eigenvalue weighted by molar-refractivity contribution is -0.145. The van der Waals surface area contributed by atoms with Gasteiger partial charge in [0.15, 0.2) is 0 Å². The van der Waals surface area contributed by atoms with Crippen molar-refractivity contribution in [3.8, 4) is 5.75 Å². The Labute approximate surface area is 263 Å². The quantitative estimate of drug-likeness (QED) is 0.100. The van der Waals surface area contributed by atoms with E-state index in [1.807, 2.05) is 32.9 Å². The summed E-state index contributed by atoms with van der Waals surface area (Å²) in [6, 6.07) is 5.59. The molecule has 0 bridgehead atoms. The first-order valence-corrected chi connectivity index (χ1v) is 16.9. The first-order valence-electron chi connectivity index (χ1n) is 14.4. The Bertz CT molecular complexity index is 1060. The molecule has 0 aromatic heterocycles. The number of benzene rings is 1. The summed E-state index contributed by atoms with van der Waals surface area (Å²) in [5.41, 5.74) is 0.838. The summed E-state index contributed by atoms with van der Waals surface area (Å²) >= 11 is 0. The molecule has 0 aliphatic carbocycles. The Morgan fingerprint density at radius 2 is 1.40 bits per heavy atom. The average molecular weight is 641 g/mol. The lowest BCUT2D eigenvalue weighted by Gasteiger charge is -2.23. The van der Waals surface area contributed by atoms with Gasteiger partial charge in [0.2, 0.25) is 11.8 Å². The average Bonchev–Trinajstić information content (AvgIpc) is 2.91. The van der Waals surface area contributed by atoms with Gasteiger partial charge in [-0.15, -0.1) is 0 Å². The number of hydrogen-bond donors (Lipinski definition) is 2. The van der Waals surface area contributed by atoms with Crippen molar-refractivity contribution in [3.05, 3.63) is 29.8 Å². The molecule has 0 radical (unpaired) electrons. The van der Waals surface area contributed by atoms with Gasteiger partial charge in [0, 0.05) is 30.8 Å². The molecule has 0 saturated carbocycles. The first-order chi connectivity index (χ1) is 20.1. The van der Waals surface area contributed by atoms with Crippen LogP contribution in [0, 0.1) is 17.3 Å². The smallest absolute Gasteiger partial charge is 0.329 e. The third-order valence-electron chi connectivity index (χ3n) is 6.20. The molecule has 0 aliphatic rings. The predicted octanol–water partition coefficient (Wildman–Crippen LogP) is 4.73. The van der Waals surface area contributed by atoms with Crippen LogP contribution in [0.5, 0.6) is 5.75 Å². The Hall–Kier alpha value is -2.73. The lowest BCUT2D eigenvalue weighted by atomic mass is 9.90. The SMILES string of the molecule is COC(=O)C(CSSCC(NC(=O)[C@H](CCCc1ccc(OC(C)=O)cc1)CC(C)C)C(=O)OC)NC(=O)CC(C)(C)C. The Morgan fingerprint density at radius 1 is 0.860 bits per heavy atom. The fourth-order valence-electron chi connectivity index (χ4n) is 4.24. The van der Waals surface area contributed by atoms with Crippen LogP contribution in [0.2, 0.25) is 0 Å². The maximum absolute atomic E-state index is 13.3. The van der Waals surface area contributed by atoms with E-state index in [1.54, 1.807) is 12.1 Å². The van der Waals surface area contributed by atoms with Crippen LogP contribution in [0.4, 0.5) is 0 Å². The number of esters is 3. The van der Waals surface area contributed by atoms with Crippen LogP contribution in [-0.4, -0.2) is 67.5 Å². The van der Waals surface area contributed by atoms with Gasteiger partial charge in [-0.3, -0.25) is 14.4 Å². The van der Waals surface area contributed by atoms with Crippen molar-refractivity contribution < 1.29 is 38.2 Å². The highest BCUT2D eigenvalue weighted by Gasteiger charge is 2.28. The number of hydrogen-bond acceptors (Lipinski definition) is 10. The number of methoxy groups -OCH3 is 2. The summed E-state index contributed by atoms with van der Waals surface area (Å²) in [4.78, 5) is 61.5. The molecular formula is C31H48N2O8S2. The molecule has 0 aliphatic heterocycles. The van der Waals surface area contributed by atoms with Gasteiger partial charge in [0.05, 0.1) is 14.2 Å². The summed E-state index contributed by atoms with van der Waals surface area (Å²) in [6.45, 7) is 11.3. The molecule has 2 unspecified atom stereocenters. The molecule has 0 heterocycles. The number of ether oxygens (including phenoxy) is 3. The minimum absolute atomic E-state index is 0.207. The third kappa shape index (κ3) is 16.6. The molecule has 3 atom stereocenters. The van der Waals surface area contributed by atoms with Gasteiger partial charge < -0.3 is 24.8 Å². The second-order valence-corrected chi connectivity index (χ2v) is 14.5. The number of aryl methyl sites for hydroxylation is 1. The summed E-state index contributed by atoms with van der Waals surface area (Å²) in [7, 11) is 5.14. The minimum Gasteiger partial charge on any atom is -0.467 e. The standard InChI is InChI=1S/C31H48N2O8S2/c1-20(2)16-23(11-9-10-22-12-14-24(15-13-22)41-21(3)34)28(36)33-26(30(38)40-8)19-43-42-18-25(29(37)39-7)32-27(35)17-31(4,5)6/h12-15,20,23,25-26H,9-11,16-19H2,1-8H3,(H,32,35)(H,33,36)/t23-,25?,26?/m1/s1. The number of rotatable bonds is 18. The maximum Gasteiger partial charge on any atom is 0.329 e. The monoisotopic (exact) mass is 640 g/mol. The largest absolute Gasteiger partial charge is 0.467 e. The number of nitrogens with one attached hydrogen (secondary N) is 2. The molecule has 1 aromatic carbocycles. The van der Waals surface area contributed by atoms with E-state index in [2.05, 4.69) is 24.5 Å². The van der Waals surface area contributed by atoms with E-state index in [4.69, 9.17) is 14.2 Å². The molecule has 43 heavy (non-hydrogen) atoms. The fraction of sp³-hybridized carbons (Fsp3) is 0.645. The van der Waals surface area contributed by atoms with Crippen LogP contribution in [0.25, 0.3) is 0 Å². The summed E-state index contributed by atoms with van der Waals surface area (Å²) in [5, 5.41) is 5.59. The molecule has 12 heteroatoms. The van der Waals surface area contributed by atoms with Crippen LogP contribution < -0.4 is 15.4 Å². The van der Waals surface area contributed by atoms with Gasteiger partial charge in [-0.1, -0.05) is 68.3 Å². The molecular weight excluding hydrogens is 592 g/mol. The van der Waals surface area contributed by atoms with Gasteiger partial charge in [-0.05, 0) is 54.7 Å². The van der Waals surface area contributed by atoms with E-state index >= 15 is 0 Å². The summed E-state index contributed by atoms with van der Waals surface area (Å²) in [5.74, 6) is -0.998. The van der Waals surface area contributed by atoms with Crippen LogP contribution in [0.1, 0.15) is 72.8 Å². The van der Waals surface area contributed by atoms with Gasteiger partial charge >= 0.3 is 17.9 Å². The van der Waals surface area contributed by atoms with E-state index in [0.717, 1.165) is 18.4 Å². The zero-order valence-electron chi connectivity index (χ0n) is 26.7. The second kappa shape index (κ2) is 19.5. The zero-order chi connectivity index (χ0) is 32.6. The maximum atomic E-state index is 13.3. The van der Waals surface area contributed by atoms with Crippen molar-refractivity contribution in [1.29, 1.82) is 0 Å². The molecule has 1 aromatic rings. The van der Waals surface area contributed by atoms with E-state index in [-0.39, 0.29) is 53.0 Å². The fourth-order valence-corrected chi connectivity index (χ4v) is 6.54. The summed E-state index contributed by atoms with van der Waals surface area (Å²) in [6.07, 6.45) is 3.08. The Balaban J connectivity index is 2.73. The Kier molecular flexibility index (Phi) is 17.4. The van der Waals surface area contributed by atoms with Crippen LogP contribution in [0.15, 0.2) is 24.3 Å². The molecule has 0 spiro atoms. The molecule has 0 fully saturated rings. The molecule has 242 valence electrons. The number of carbonyl (C=O) groups excluding carboxylic acids is 5. The normalized spacial score (nSPS) is 13.4. The first kappa shape index (κ1) is 38.3. The highest BCUT2D eigenvalue weighted by Crippen LogP contribution is 2.25.